The number of ether oxygens (including phenoxy) is 2. The molecule has 1 aromatic heterocycles. The molecular formula is C19H16F2N4O4. The van der Waals surface area contributed by atoms with Crippen LogP contribution in [0.3, 0.4) is 0 Å². The predicted octanol–water partition coefficient (Wildman–Crippen LogP) is 1.80. The molecule has 0 atom stereocenters. The molecule has 29 heavy (non-hydrogen) atoms. The molecule has 1 saturated heterocycles. The second-order valence-corrected chi connectivity index (χ2v) is 6.45. The third-order valence-electron chi connectivity index (χ3n) is 4.53. The average molecular weight is 402 g/mol. The number of amides is 2. The maximum atomic E-state index is 13.1. The molecule has 0 aliphatic carbocycles. The fraction of sp³-hybridized carbons (Fsp3) is 0.263. The third-order valence-corrected chi connectivity index (χ3v) is 4.53. The monoisotopic (exact) mass is 402 g/mol. The van der Waals surface area contributed by atoms with Gasteiger partial charge in [-0.1, -0.05) is 6.07 Å². The van der Waals surface area contributed by atoms with E-state index in [1.165, 1.54) is 43.0 Å². The van der Waals surface area contributed by atoms with Crippen molar-refractivity contribution in [2.24, 2.45) is 0 Å². The first-order chi connectivity index (χ1) is 13.9. The predicted molar refractivity (Wildman–Crippen MR) is 96.2 cm³/mol. The lowest BCUT2D eigenvalue weighted by molar-refractivity contribution is -0.286. The number of nitrogens with zero attached hydrogens (tertiary/aromatic N) is 4. The van der Waals surface area contributed by atoms with E-state index < -0.39 is 6.29 Å². The summed E-state index contributed by atoms with van der Waals surface area (Å²) in [7, 11) is 0. The van der Waals surface area contributed by atoms with Gasteiger partial charge in [-0.3, -0.25) is 9.59 Å². The minimum absolute atomic E-state index is 0.0527. The van der Waals surface area contributed by atoms with Gasteiger partial charge in [-0.15, -0.1) is 8.78 Å². The molecule has 3 heterocycles. The number of hydrogen-bond acceptors (Lipinski definition) is 6. The summed E-state index contributed by atoms with van der Waals surface area (Å²) in [6, 6.07) is 4.28. The van der Waals surface area contributed by atoms with Crippen molar-refractivity contribution in [1.82, 2.24) is 19.8 Å². The van der Waals surface area contributed by atoms with E-state index in [2.05, 4.69) is 19.4 Å². The Morgan fingerprint density at radius 1 is 1.00 bits per heavy atom. The van der Waals surface area contributed by atoms with Gasteiger partial charge in [0.1, 0.15) is 6.33 Å². The molecular weight excluding hydrogens is 386 g/mol. The Hall–Kier alpha value is -3.56. The lowest BCUT2D eigenvalue weighted by Gasteiger charge is -2.34. The van der Waals surface area contributed by atoms with Crippen LogP contribution in [0.25, 0.3) is 6.08 Å². The second-order valence-electron chi connectivity index (χ2n) is 6.45. The van der Waals surface area contributed by atoms with Crippen molar-refractivity contribution < 1.29 is 27.8 Å². The minimum atomic E-state index is -3.68. The van der Waals surface area contributed by atoms with Gasteiger partial charge in [0, 0.05) is 44.6 Å². The van der Waals surface area contributed by atoms with Gasteiger partial charge in [-0.25, -0.2) is 9.97 Å². The number of benzene rings is 1. The summed E-state index contributed by atoms with van der Waals surface area (Å²) in [6.07, 6.45) is 3.46. The van der Waals surface area contributed by atoms with E-state index in [1.54, 1.807) is 15.9 Å². The Morgan fingerprint density at radius 3 is 2.38 bits per heavy atom. The molecule has 0 spiro atoms. The van der Waals surface area contributed by atoms with Crippen molar-refractivity contribution in [2.45, 2.75) is 6.29 Å². The highest BCUT2D eigenvalue weighted by atomic mass is 19.3. The molecule has 0 unspecified atom stereocenters. The second kappa shape index (κ2) is 7.46. The van der Waals surface area contributed by atoms with E-state index in [0.717, 1.165) is 0 Å². The highest BCUT2D eigenvalue weighted by Gasteiger charge is 2.43. The molecule has 2 aliphatic heterocycles. The highest BCUT2D eigenvalue weighted by Crippen LogP contribution is 2.41. The van der Waals surface area contributed by atoms with Crippen LogP contribution >= 0.6 is 0 Å². The zero-order chi connectivity index (χ0) is 20.4. The van der Waals surface area contributed by atoms with Gasteiger partial charge in [0.25, 0.3) is 5.91 Å². The van der Waals surface area contributed by atoms with Crippen LogP contribution in [0.2, 0.25) is 0 Å². The molecule has 1 fully saturated rings. The van der Waals surface area contributed by atoms with Crippen molar-refractivity contribution >= 4 is 17.9 Å². The van der Waals surface area contributed by atoms with Crippen LogP contribution in [0.1, 0.15) is 15.9 Å². The molecule has 0 bridgehead atoms. The van der Waals surface area contributed by atoms with Crippen molar-refractivity contribution in [3.8, 4) is 11.5 Å². The first-order valence-electron chi connectivity index (χ1n) is 8.82. The van der Waals surface area contributed by atoms with Crippen LogP contribution in [0.5, 0.6) is 11.5 Å². The van der Waals surface area contributed by atoms with Crippen LogP contribution < -0.4 is 9.47 Å². The topological polar surface area (TPSA) is 84.9 Å². The summed E-state index contributed by atoms with van der Waals surface area (Å²) in [6.45, 7) is 1.56. The zero-order valence-electron chi connectivity index (χ0n) is 15.1. The van der Waals surface area contributed by atoms with E-state index in [-0.39, 0.29) is 23.3 Å². The number of aromatic nitrogens is 2. The number of halogens is 2. The van der Waals surface area contributed by atoms with E-state index in [9.17, 15) is 18.4 Å². The maximum absolute atomic E-state index is 13.1. The summed E-state index contributed by atoms with van der Waals surface area (Å²) < 4.78 is 34.9. The van der Waals surface area contributed by atoms with E-state index in [4.69, 9.17) is 0 Å². The number of hydrogen-bond donors (Lipinski definition) is 0. The van der Waals surface area contributed by atoms with Gasteiger partial charge >= 0.3 is 6.29 Å². The van der Waals surface area contributed by atoms with Crippen molar-refractivity contribution in [1.29, 1.82) is 0 Å². The molecule has 0 saturated carbocycles. The summed E-state index contributed by atoms with van der Waals surface area (Å²) in [5.41, 5.74) is 0.928. The molecule has 0 radical (unpaired) electrons. The van der Waals surface area contributed by atoms with Crippen LogP contribution in [-0.2, 0) is 4.79 Å². The fourth-order valence-electron chi connectivity index (χ4n) is 3.06. The van der Waals surface area contributed by atoms with Gasteiger partial charge < -0.3 is 19.3 Å². The number of alkyl halides is 2. The van der Waals surface area contributed by atoms with Gasteiger partial charge in [0.05, 0.1) is 5.56 Å². The number of rotatable bonds is 3. The Morgan fingerprint density at radius 2 is 1.66 bits per heavy atom. The van der Waals surface area contributed by atoms with E-state index in [1.807, 2.05) is 0 Å². The summed E-state index contributed by atoms with van der Waals surface area (Å²) in [4.78, 5) is 35.7. The Labute approximate surface area is 164 Å². The van der Waals surface area contributed by atoms with Crippen LogP contribution in [0.4, 0.5) is 8.78 Å². The Bertz CT molecular complexity index is 960. The molecule has 2 amide bonds. The van der Waals surface area contributed by atoms with Crippen molar-refractivity contribution in [3.63, 3.8) is 0 Å². The molecule has 0 N–H and O–H groups in total. The minimum Gasteiger partial charge on any atom is -0.395 e. The molecule has 1 aromatic carbocycles. The third kappa shape index (κ3) is 4.15. The number of carbonyl (C=O) groups is 2. The van der Waals surface area contributed by atoms with Crippen LogP contribution in [-0.4, -0.2) is 64.1 Å². The average Bonchev–Trinajstić information content (AvgIpc) is 3.05. The lowest BCUT2D eigenvalue weighted by Crippen LogP contribution is -2.50. The highest BCUT2D eigenvalue weighted by molar-refractivity contribution is 5.94. The summed E-state index contributed by atoms with van der Waals surface area (Å²) in [5.74, 6) is -0.543. The molecule has 10 heteroatoms. The molecule has 2 aliphatic rings. The summed E-state index contributed by atoms with van der Waals surface area (Å²) in [5, 5.41) is 0. The zero-order valence-corrected chi connectivity index (χ0v) is 15.1. The maximum Gasteiger partial charge on any atom is 0.586 e. The number of fused-ring (bicyclic) bond motifs is 1. The molecule has 150 valence electrons. The Balaban J connectivity index is 1.33. The van der Waals surface area contributed by atoms with Crippen LogP contribution in [0.15, 0.2) is 43.0 Å². The van der Waals surface area contributed by atoms with Gasteiger partial charge in [0.2, 0.25) is 5.91 Å². The smallest absolute Gasteiger partial charge is 0.395 e. The standard InChI is InChI=1S/C19H16F2N4O4/c20-19(21)28-15-3-1-13(9-16(15)29-19)2-4-17(26)24-5-7-25(8-6-24)18(27)14-10-22-12-23-11-14/h1-4,9-12H,5-8H2/b4-2+. The number of carbonyl (C=O) groups excluding carboxylic acids is 2. The Kier molecular flexibility index (Phi) is 4.83. The fourth-order valence-corrected chi connectivity index (χ4v) is 3.06. The largest absolute Gasteiger partial charge is 0.586 e. The first-order valence-corrected chi connectivity index (χ1v) is 8.82. The van der Waals surface area contributed by atoms with Crippen LogP contribution in [0, 0.1) is 0 Å². The lowest BCUT2D eigenvalue weighted by atomic mass is 10.2. The number of piperazine rings is 1. The molecule has 8 nitrogen and oxygen atoms in total. The summed E-state index contributed by atoms with van der Waals surface area (Å²) >= 11 is 0. The molecule has 2 aromatic rings. The normalized spacial score (nSPS) is 17.6. The van der Waals surface area contributed by atoms with Gasteiger partial charge in [-0.2, -0.15) is 0 Å². The van der Waals surface area contributed by atoms with Gasteiger partial charge in [0.15, 0.2) is 11.5 Å². The molecule has 4 rings (SSSR count). The first kappa shape index (κ1) is 18.8. The quantitative estimate of drug-likeness (QED) is 0.728. The van der Waals surface area contributed by atoms with E-state index in [0.29, 0.717) is 37.3 Å². The van der Waals surface area contributed by atoms with E-state index >= 15 is 0 Å². The van der Waals surface area contributed by atoms with Crippen molar-refractivity contribution in [2.75, 3.05) is 26.2 Å². The SMILES string of the molecule is O=C(/C=C/c1ccc2c(c1)OC(F)(F)O2)N1CCN(C(=O)c2cncnc2)CC1. The van der Waals surface area contributed by atoms with Gasteiger partial charge in [-0.05, 0) is 23.8 Å². The van der Waals surface area contributed by atoms with Crippen molar-refractivity contribution in [3.05, 3.63) is 54.1 Å².